The van der Waals surface area contributed by atoms with Gasteiger partial charge in [0, 0.05) is 12.8 Å². The van der Waals surface area contributed by atoms with Gasteiger partial charge in [-0.3, -0.25) is 22.9 Å². The van der Waals surface area contributed by atoms with Crippen LogP contribution in [0.2, 0.25) is 0 Å². The Morgan fingerprint density at radius 3 is 2.64 bits per heavy atom. The Labute approximate surface area is 269 Å². The van der Waals surface area contributed by atoms with Gasteiger partial charge in [0.15, 0.2) is 23.6 Å². The maximum atomic E-state index is 13.3. The normalized spacial score (nSPS) is 36.6. The van der Waals surface area contributed by atoms with E-state index in [0.29, 0.717) is 16.9 Å². The molecule has 47 heavy (non-hydrogen) atoms. The molecule has 3 aliphatic heterocycles. The molecule has 0 amide bonds. The first-order chi connectivity index (χ1) is 22.4. The van der Waals surface area contributed by atoms with Gasteiger partial charge in [0.25, 0.3) is 5.56 Å². The largest absolute Gasteiger partial charge is 0.472 e. The molecule has 254 valence electrons. The Morgan fingerprint density at radius 1 is 1.09 bits per heavy atom. The molecule has 0 saturated carbocycles. The Bertz CT molecular complexity index is 1970. The topological polar surface area (TPSA) is 263 Å². The van der Waals surface area contributed by atoms with Crippen LogP contribution in [-0.4, -0.2) is 105 Å². The highest BCUT2D eigenvalue weighted by atomic mass is 32.5. The summed E-state index contributed by atoms with van der Waals surface area (Å²) in [5.41, 5.74) is 5.92. The lowest BCUT2D eigenvalue weighted by molar-refractivity contribution is -0.0657. The molecule has 10 atom stereocenters. The van der Waals surface area contributed by atoms with Crippen LogP contribution in [0.5, 0.6) is 0 Å². The van der Waals surface area contributed by atoms with Gasteiger partial charge in [-0.05, 0) is 31.7 Å². The fraction of sp³-hybridized carbons (Fsp3) is 0.542. The quantitative estimate of drug-likeness (QED) is 0.176. The number of aromatic nitrogens is 7. The number of nitrogen functional groups attached to an aromatic ring is 1. The van der Waals surface area contributed by atoms with Crippen molar-refractivity contribution in [3.8, 4) is 0 Å². The van der Waals surface area contributed by atoms with E-state index in [0.717, 1.165) is 0 Å². The van der Waals surface area contributed by atoms with Gasteiger partial charge < -0.3 is 48.9 Å². The van der Waals surface area contributed by atoms with Gasteiger partial charge in [0.1, 0.15) is 60.2 Å². The number of rotatable bonds is 4. The lowest BCUT2D eigenvalue weighted by Crippen LogP contribution is -2.38. The van der Waals surface area contributed by atoms with Crippen molar-refractivity contribution in [2.24, 2.45) is 0 Å². The molecule has 0 aliphatic carbocycles. The minimum absolute atomic E-state index is 0.00936. The van der Waals surface area contributed by atoms with Gasteiger partial charge in [0.05, 0.1) is 24.9 Å². The number of imidazole rings is 1. The second kappa shape index (κ2) is 12.3. The molecule has 4 unspecified atom stereocenters. The number of aryl methyl sites for hydroxylation is 1. The highest BCUT2D eigenvalue weighted by Crippen LogP contribution is 2.54. The monoisotopic (exact) mass is 716 g/mol. The van der Waals surface area contributed by atoms with Gasteiger partial charge in [-0.15, -0.1) is 0 Å². The molecule has 3 fully saturated rings. The van der Waals surface area contributed by atoms with Crippen LogP contribution in [0.4, 0.5) is 5.82 Å². The molecule has 2 bridgehead atoms. The van der Waals surface area contributed by atoms with Crippen LogP contribution < -0.4 is 11.3 Å². The Balaban J connectivity index is 1.23. The maximum absolute atomic E-state index is 13.3. The fourth-order valence-corrected chi connectivity index (χ4v) is 8.28. The highest BCUT2D eigenvalue weighted by Gasteiger charge is 2.54. The van der Waals surface area contributed by atoms with E-state index in [4.69, 9.17) is 49.8 Å². The van der Waals surface area contributed by atoms with E-state index in [1.807, 2.05) is 0 Å². The first-order valence-electron chi connectivity index (χ1n) is 14.3. The molecule has 6 N–H and O–H groups in total. The number of aromatic amines is 1. The lowest BCUT2D eigenvalue weighted by atomic mass is 10.1. The minimum Gasteiger partial charge on any atom is -0.386 e. The van der Waals surface area contributed by atoms with Gasteiger partial charge in [-0.1, -0.05) is 0 Å². The van der Waals surface area contributed by atoms with Crippen LogP contribution in [-0.2, 0) is 48.7 Å². The number of nitrogens with two attached hydrogens (primary N) is 1. The number of nitrogens with one attached hydrogen (secondary N) is 1. The molecule has 23 heteroatoms. The summed E-state index contributed by atoms with van der Waals surface area (Å²) in [4.78, 5) is 53.9. The van der Waals surface area contributed by atoms with E-state index in [-0.39, 0.29) is 23.6 Å². The third-order valence-electron chi connectivity index (χ3n) is 7.91. The summed E-state index contributed by atoms with van der Waals surface area (Å²) in [6.45, 7) is -1.89. The van der Waals surface area contributed by atoms with Crippen molar-refractivity contribution in [2.75, 3.05) is 25.6 Å². The summed E-state index contributed by atoms with van der Waals surface area (Å²) in [6, 6.07) is 1.62. The Morgan fingerprint density at radius 2 is 1.85 bits per heavy atom. The average molecular weight is 717 g/mol. The summed E-state index contributed by atoms with van der Waals surface area (Å²) >= 11 is 5.38. The van der Waals surface area contributed by atoms with Crippen LogP contribution in [0.25, 0.3) is 22.2 Å². The SMILES string of the molecule is CCOC1[C@H]2COP(=O)(O)O[C@@H]3C(O)[C@H](n4ccc5c(N)ncnc54)O[C@@H]3COP(O)(=S)O[C@@H]1[C@H](n1cnc3c(=O)[nH]c(C)nc31)O2. The second-order valence-electron chi connectivity index (χ2n) is 10.9. The standard InChI is InChI=1S/C24H30N8O12P2S/c1-3-38-17-13-6-39-45(35,36)43-16-12(41-23(15(16)33)31-5-4-11-19(25)26-8-27-20(11)31)7-40-46(37,47)44-18(17)24(42-13)32-9-28-14-21(32)29-10(2)30-22(14)34/h4-5,8-9,12-13,15-18,23-24,33H,3,6-7H2,1-2H3,(H,35,36)(H,37,47)(H2,25,26,27)(H,29,30,34)/t12-,13-,15?,16+,17?,18+,23-,24-,46?/m1/s1. The smallest absolute Gasteiger partial charge is 0.386 e. The van der Waals surface area contributed by atoms with E-state index in [2.05, 4.69) is 24.9 Å². The highest BCUT2D eigenvalue weighted by molar-refractivity contribution is 8.07. The zero-order valence-corrected chi connectivity index (χ0v) is 27.2. The minimum atomic E-state index is -4.94. The van der Waals surface area contributed by atoms with Crippen LogP contribution in [0.1, 0.15) is 25.2 Å². The predicted octanol–water partition coefficient (Wildman–Crippen LogP) is 0.150. The second-order valence-corrected chi connectivity index (χ2v) is 15.1. The van der Waals surface area contributed by atoms with Crippen molar-refractivity contribution in [2.45, 2.75) is 62.9 Å². The first-order valence-corrected chi connectivity index (χ1v) is 18.4. The van der Waals surface area contributed by atoms with E-state index < -0.39 is 82.4 Å². The number of ether oxygens (including phenoxy) is 3. The number of H-pyrrole nitrogens is 1. The van der Waals surface area contributed by atoms with E-state index >= 15 is 0 Å². The van der Waals surface area contributed by atoms with Crippen LogP contribution >= 0.6 is 14.5 Å². The number of aliphatic hydroxyl groups excluding tert-OH is 1. The maximum Gasteiger partial charge on any atom is 0.472 e. The summed E-state index contributed by atoms with van der Waals surface area (Å²) in [6.07, 6.45) is -5.99. The van der Waals surface area contributed by atoms with Gasteiger partial charge in [-0.25, -0.2) is 24.5 Å². The van der Waals surface area contributed by atoms with Crippen molar-refractivity contribution < 1.29 is 51.8 Å². The van der Waals surface area contributed by atoms with Crippen molar-refractivity contribution in [3.63, 3.8) is 0 Å². The number of fused-ring (bicyclic) bond motifs is 5. The lowest BCUT2D eigenvalue weighted by Gasteiger charge is -2.28. The van der Waals surface area contributed by atoms with Crippen LogP contribution in [0.15, 0.2) is 29.7 Å². The van der Waals surface area contributed by atoms with Crippen LogP contribution in [0, 0.1) is 6.92 Å². The number of aliphatic hydroxyl groups is 1. The molecule has 4 aromatic heterocycles. The van der Waals surface area contributed by atoms with Crippen molar-refractivity contribution in [1.29, 1.82) is 0 Å². The molecule has 0 radical (unpaired) electrons. The average Bonchev–Trinajstić information content (AvgIpc) is 3.76. The zero-order chi connectivity index (χ0) is 33.2. The molecule has 4 aromatic rings. The number of anilines is 1. The van der Waals surface area contributed by atoms with Gasteiger partial charge in [-0.2, -0.15) is 0 Å². The molecule has 3 aliphatic rings. The van der Waals surface area contributed by atoms with E-state index in [9.17, 15) is 24.3 Å². The number of hydrogen-bond donors (Lipinski definition) is 5. The predicted molar refractivity (Wildman–Crippen MR) is 162 cm³/mol. The van der Waals surface area contributed by atoms with E-state index in [1.165, 1.54) is 21.8 Å². The molecule has 7 rings (SSSR count). The van der Waals surface area contributed by atoms with Gasteiger partial charge >= 0.3 is 14.5 Å². The van der Waals surface area contributed by atoms with Crippen molar-refractivity contribution in [1.82, 2.24) is 34.1 Å². The molecular weight excluding hydrogens is 686 g/mol. The Hall–Kier alpha value is -2.75. The van der Waals surface area contributed by atoms with Crippen molar-refractivity contribution >= 4 is 54.4 Å². The number of nitrogens with zero attached hydrogens (tertiary/aromatic N) is 6. The van der Waals surface area contributed by atoms with E-state index in [1.54, 1.807) is 26.1 Å². The molecular formula is C24H30N8O12P2S. The molecule has 3 saturated heterocycles. The summed E-state index contributed by atoms with van der Waals surface area (Å²) < 4.78 is 56.8. The Kier molecular flexibility index (Phi) is 8.57. The fourth-order valence-electron chi connectivity index (χ4n) is 5.91. The van der Waals surface area contributed by atoms with Crippen molar-refractivity contribution in [3.05, 3.63) is 41.1 Å². The molecule has 0 spiro atoms. The third kappa shape index (κ3) is 6.05. The third-order valence-corrected chi connectivity index (χ3v) is 10.5. The van der Waals surface area contributed by atoms with Gasteiger partial charge in [0.2, 0.25) is 0 Å². The molecule has 20 nitrogen and oxygen atoms in total. The van der Waals surface area contributed by atoms with Crippen LogP contribution in [0.3, 0.4) is 0 Å². The molecule has 0 aromatic carbocycles. The first kappa shape index (κ1) is 32.8. The summed E-state index contributed by atoms with van der Waals surface area (Å²) in [5, 5.41) is 11.8. The zero-order valence-electron chi connectivity index (χ0n) is 24.6. The number of phosphoric acid groups is 1. The summed E-state index contributed by atoms with van der Waals surface area (Å²) in [7, 11) is -4.94. The number of phosphoric ester groups is 1. The molecule has 7 heterocycles. The summed E-state index contributed by atoms with van der Waals surface area (Å²) in [5.74, 6) is 0.490. The number of hydrogen-bond acceptors (Lipinski definition) is 16.